The van der Waals surface area contributed by atoms with Gasteiger partial charge in [0.2, 0.25) is 5.89 Å². The molecule has 16 heavy (non-hydrogen) atoms. The van der Waals surface area contributed by atoms with Gasteiger partial charge in [-0.1, -0.05) is 5.16 Å². The van der Waals surface area contributed by atoms with E-state index in [1.165, 1.54) is 37.0 Å². The highest BCUT2D eigenvalue weighted by atomic mass is 16.5. The lowest BCUT2D eigenvalue weighted by molar-refractivity contribution is -0.929. The Morgan fingerprint density at radius 3 is 2.69 bits per heavy atom. The molecule has 0 radical (unpaired) electrons. The van der Waals surface area contributed by atoms with Crippen molar-refractivity contribution in [3.05, 3.63) is 11.7 Å². The van der Waals surface area contributed by atoms with Crippen LogP contribution in [0.2, 0.25) is 0 Å². The number of nitrogens with zero attached hydrogens (tertiary/aromatic N) is 3. The van der Waals surface area contributed by atoms with Gasteiger partial charge in [0.1, 0.15) is 0 Å². The van der Waals surface area contributed by atoms with Gasteiger partial charge >= 0.3 is 0 Å². The van der Waals surface area contributed by atoms with Crippen LogP contribution in [0.15, 0.2) is 4.52 Å². The van der Waals surface area contributed by atoms with Crippen LogP contribution in [0.3, 0.4) is 0 Å². The van der Waals surface area contributed by atoms with Gasteiger partial charge in [0, 0.05) is 25.2 Å². The highest BCUT2D eigenvalue weighted by Crippen LogP contribution is 2.37. The third-order valence-corrected chi connectivity index (χ3v) is 4.43. The summed E-state index contributed by atoms with van der Waals surface area (Å²) in [5.74, 6) is 3.25. The summed E-state index contributed by atoms with van der Waals surface area (Å²) in [5.41, 5.74) is 0. The normalized spacial score (nSPS) is 37.9. The lowest BCUT2D eigenvalue weighted by Crippen LogP contribution is -2.59. The first-order valence-corrected chi connectivity index (χ1v) is 6.27. The molecule has 0 saturated carbocycles. The smallest absolute Gasteiger partial charge is 0.227 e. The van der Waals surface area contributed by atoms with E-state index < -0.39 is 0 Å². The molecule has 0 N–H and O–H groups in total. The fourth-order valence-corrected chi connectivity index (χ4v) is 3.46. The van der Waals surface area contributed by atoms with Gasteiger partial charge in [-0.2, -0.15) is 4.98 Å². The molecular weight excluding hydrogens is 202 g/mol. The van der Waals surface area contributed by atoms with Gasteiger partial charge in [0.05, 0.1) is 26.7 Å². The molecule has 88 valence electrons. The molecular formula is C12H20N3O+. The molecule has 0 aromatic carbocycles. The third-order valence-electron chi connectivity index (χ3n) is 4.43. The Bertz CT molecular complexity index is 379. The molecule has 2 bridgehead atoms. The van der Waals surface area contributed by atoms with Crippen LogP contribution in [-0.4, -0.2) is 41.3 Å². The zero-order chi connectivity index (χ0) is 11.2. The number of piperidine rings is 3. The first-order chi connectivity index (χ1) is 7.65. The highest BCUT2D eigenvalue weighted by molar-refractivity contribution is 4.89. The Morgan fingerprint density at radius 2 is 2.12 bits per heavy atom. The number of aryl methyl sites for hydroxylation is 1. The molecule has 0 amide bonds. The molecule has 0 spiro atoms. The summed E-state index contributed by atoms with van der Waals surface area (Å²) in [5, 5.41) is 3.87. The van der Waals surface area contributed by atoms with Crippen molar-refractivity contribution in [2.75, 3.05) is 26.7 Å². The van der Waals surface area contributed by atoms with E-state index in [1.54, 1.807) is 0 Å². The molecule has 4 heterocycles. The van der Waals surface area contributed by atoms with Crippen LogP contribution in [0.5, 0.6) is 0 Å². The van der Waals surface area contributed by atoms with Gasteiger partial charge < -0.3 is 9.01 Å². The molecule has 1 atom stereocenters. The minimum absolute atomic E-state index is 0.757. The van der Waals surface area contributed by atoms with Crippen molar-refractivity contribution in [1.82, 2.24) is 10.1 Å². The summed E-state index contributed by atoms with van der Waals surface area (Å²) >= 11 is 0. The lowest BCUT2D eigenvalue weighted by Gasteiger charge is -2.50. The van der Waals surface area contributed by atoms with Crippen molar-refractivity contribution < 1.29 is 9.01 Å². The molecule has 3 saturated heterocycles. The molecule has 3 aliphatic rings. The second-order valence-electron chi connectivity index (χ2n) is 5.79. The van der Waals surface area contributed by atoms with E-state index in [-0.39, 0.29) is 0 Å². The van der Waals surface area contributed by atoms with Gasteiger partial charge in [-0.25, -0.2) is 0 Å². The fraction of sp³-hybridized carbons (Fsp3) is 0.833. The molecule has 3 fully saturated rings. The minimum atomic E-state index is 0.757. The predicted octanol–water partition coefficient (Wildman–Crippen LogP) is 1.41. The first kappa shape index (κ1) is 10.3. The maximum absolute atomic E-state index is 5.24. The van der Waals surface area contributed by atoms with Crippen molar-refractivity contribution in [3.63, 3.8) is 0 Å². The molecule has 4 heteroatoms. The minimum Gasteiger partial charge on any atom is -0.339 e. The zero-order valence-electron chi connectivity index (χ0n) is 10.1. The number of fused-ring (bicyclic) bond motifs is 3. The topological polar surface area (TPSA) is 38.9 Å². The number of hydrogen-bond donors (Lipinski definition) is 0. The Morgan fingerprint density at radius 1 is 1.38 bits per heavy atom. The number of rotatable bonds is 2. The predicted molar refractivity (Wildman–Crippen MR) is 59.7 cm³/mol. The SMILES string of the molecule is Cc1noc(CC2C[N+]3(C)CCC2CC3)n1. The zero-order valence-corrected chi connectivity index (χ0v) is 10.1. The van der Waals surface area contributed by atoms with E-state index >= 15 is 0 Å². The number of quaternary nitrogens is 1. The molecule has 0 aliphatic carbocycles. The van der Waals surface area contributed by atoms with Crippen LogP contribution >= 0.6 is 0 Å². The number of hydrogen-bond acceptors (Lipinski definition) is 3. The van der Waals surface area contributed by atoms with Crippen LogP contribution in [0, 0.1) is 18.8 Å². The van der Waals surface area contributed by atoms with Gasteiger partial charge in [-0.05, 0) is 12.8 Å². The Balaban J connectivity index is 1.72. The summed E-state index contributed by atoms with van der Waals surface area (Å²) in [6.45, 7) is 5.91. The first-order valence-electron chi connectivity index (χ1n) is 6.27. The number of aromatic nitrogens is 2. The van der Waals surface area contributed by atoms with Crippen molar-refractivity contribution >= 4 is 0 Å². The maximum atomic E-state index is 5.24. The standard InChI is InChI=1S/C12H20N3O/c1-9-13-12(16-14-9)7-11-8-15(2)5-3-10(11)4-6-15/h10-11H,3-8H2,1-2H3/q+1. The van der Waals surface area contributed by atoms with Crippen LogP contribution in [0.4, 0.5) is 0 Å². The quantitative estimate of drug-likeness (QED) is 0.710. The summed E-state index contributed by atoms with van der Waals surface area (Å²) < 4.78 is 6.50. The Kier molecular flexibility index (Phi) is 2.28. The second-order valence-corrected chi connectivity index (χ2v) is 5.79. The van der Waals surface area contributed by atoms with Gasteiger partial charge in [-0.15, -0.1) is 0 Å². The van der Waals surface area contributed by atoms with E-state index in [0.29, 0.717) is 0 Å². The summed E-state index contributed by atoms with van der Waals surface area (Å²) in [6.07, 6.45) is 3.75. The maximum Gasteiger partial charge on any atom is 0.227 e. The molecule has 1 aromatic heterocycles. The molecule has 4 rings (SSSR count). The summed E-state index contributed by atoms with van der Waals surface area (Å²) in [7, 11) is 2.39. The average molecular weight is 222 g/mol. The fourth-order valence-electron chi connectivity index (χ4n) is 3.46. The van der Waals surface area contributed by atoms with Gasteiger partial charge in [-0.3, -0.25) is 0 Å². The molecule has 4 nitrogen and oxygen atoms in total. The van der Waals surface area contributed by atoms with Crippen LogP contribution in [0.25, 0.3) is 0 Å². The van der Waals surface area contributed by atoms with Crippen molar-refractivity contribution in [2.45, 2.75) is 26.2 Å². The molecule has 3 aliphatic heterocycles. The van der Waals surface area contributed by atoms with Crippen molar-refractivity contribution in [3.8, 4) is 0 Å². The van der Waals surface area contributed by atoms with Crippen LogP contribution < -0.4 is 0 Å². The van der Waals surface area contributed by atoms with Crippen LogP contribution in [0.1, 0.15) is 24.6 Å². The van der Waals surface area contributed by atoms with Crippen molar-refractivity contribution in [2.24, 2.45) is 11.8 Å². The Labute approximate surface area is 96.2 Å². The van der Waals surface area contributed by atoms with E-state index in [1.807, 2.05) is 6.92 Å². The third kappa shape index (κ3) is 1.75. The van der Waals surface area contributed by atoms with E-state index in [2.05, 4.69) is 17.2 Å². The second kappa shape index (κ2) is 3.55. The average Bonchev–Trinajstić information content (AvgIpc) is 2.64. The van der Waals surface area contributed by atoms with Crippen LogP contribution in [-0.2, 0) is 6.42 Å². The largest absolute Gasteiger partial charge is 0.339 e. The monoisotopic (exact) mass is 222 g/mol. The summed E-state index contributed by atoms with van der Waals surface area (Å²) in [4.78, 5) is 4.33. The lowest BCUT2D eigenvalue weighted by atomic mass is 9.76. The highest BCUT2D eigenvalue weighted by Gasteiger charge is 2.43. The Hall–Kier alpha value is -0.900. The van der Waals surface area contributed by atoms with Gasteiger partial charge in [0.15, 0.2) is 5.82 Å². The van der Waals surface area contributed by atoms with Gasteiger partial charge in [0.25, 0.3) is 0 Å². The molecule has 1 unspecified atom stereocenters. The van der Waals surface area contributed by atoms with E-state index in [0.717, 1.165) is 30.0 Å². The summed E-state index contributed by atoms with van der Waals surface area (Å²) in [6, 6.07) is 0. The van der Waals surface area contributed by atoms with E-state index in [4.69, 9.17) is 4.52 Å². The van der Waals surface area contributed by atoms with Crippen molar-refractivity contribution in [1.29, 1.82) is 0 Å². The molecule has 1 aromatic rings. The van der Waals surface area contributed by atoms with E-state index in [9.17, 15) is 0 Å².